The highest BCUT2D eigenvalue weighted by Crippen LogP contribution is 2.09. The fraction of sp³-hybridized carbons (Fsp3) is 0.158. The Morgan fingerprint density at radius 3 is 2.41 bits per heavy atom. The maximum absolute atomic E-state index is 14.2. The molecule has 2 aromatic carbocycles. The number of amides is 1. The van der Waals surface area contributed by atoms with Crippen molar-refractivity contribution in [1.29, 1.82) is 0 Å². The summed E-state index contributed by atoms with van der Waals surface area (Å²) in [6.07, 6.45) is 0. The quantitative estimate of drug-likeness (QED) is 0.736. The Hall–Kier alpha value is -3.55. The van der Waals surface area contributed by atoms with E-state index in [4.69, 9.17) is 0 Å². The number of carbonyl (C=O) groups excluding carboxylic acids is 1. The van der Waals surface area contributed by atoms with Crippen molar-refractivity contribution in [2.45, 2.75) is 13.5 Å². The summed E-state index contributed by atoms with van der Waals surface area (Å²) in [6, 6.07) is 14.3. The second-order valence-electron chi connectivity index (χ2n) is 5.73. The molecule has 27 heavy (non-hydrogen) atoms. The van der Waals surface area contributed by atoms with E-state index in [1.807, 2.05) is 0 Å². The van der Waals surface area contributed by atoms with Crippen LogP contribution in [0.25, 0.3) is 5.69 Å². The number of hydrogen-bond donors (Lipinski definition) is 1. The molecule has 0 saturated heterocycles. The van der Waals surface area contributed by atoms with Crippen molar-refractivity contribution in [3.63, 3.8) is 0 Å². The molecule has 0 saturated carbocycles. The summed E-state index contributed by atoms with van der Waals surface area (Å²) < 4.78 is 15.8. The van der Waals surface area contributed by atoms with E-state index in [1.165, 1.54) is 24.3 Å². The van der Waals surface area contributed by atoms with Gasteiger partial charge in [-0.15, -0.1) is 0 Å². The number of rotatable bonds is 5. The molecule has 0 aliphatic rings. The van der Waals surface area contributed by atoms with Crippen molar-refractivity contribution in [2.75, 3.05) is 6.54 Å². The Kier molecular flexibility index (Phi) is 5.25. The summed E-state index contributed by atoms with van der Waals surface area (Å²) in [6.45, 7) is 1.90. The number of benzene rings is 2. The van der Waals surface area contributed by atoms with Gasteiger partial charge in [-0.3, -0.25) is 14.2 Å². The van der Waals surface area contributed by atoms with Gasteiger partial charge >= 0.3 is 5.69 Å². The van der Waals surface area contributed by atoms with E-state index in [1.54, 1.807) is 37.3 Å². The number of nitrogens with one attached hydrogen (secondary N) is 1. The Morgan fingerprint density at radius 1 is 1.07 bits per heavy atom. The van der Waals surface area contributed by atoms with E-state index in [0.717, 1.165) is 9.25 Å². The first-order valence-electron chi connectivity index (χ1n) is 8.34. The normalized spacial score (nSPS) is 10.6. The maximum atomic E-state index is 14.2. The first-order chi connectivity index (χ1) is 13.0. The van der Waals surface area contributed by atoms with Crippen LogP contribution in [-0.4, -0.2) is 26.8 Å². The summed E-state index contributed by atoms with van der Waals surface area (Å²) in [5.74, 6) is -1.42. The molecule has 0 spiro atoms. The number of carbonyl (C=O) groups is 1. The highest BCUT2D eigenvalue weighted by molar-refractivity contribution is 5.91. The smallest absolute Gasteiger partial charge is 0.351 e. The Balaban J connectivity index is 2.25. The van der Waals surface area contributed by atoms with Gasteiger partial charge in [-0.05, 0) is 24.6 Å². The average Bonchev–Trinajstić information content (AvgIpc) is 2.67. The molecule has 0 bridgehead atoms. The summed E-state index contributed by atoms with van der Waals surface area (Å²) in [5, 5.41) is 6.33. The third-order valence-electron chi connectivity index (χ3n) is 3.88. The van der Waals surface area contributed by atoms with Gasteiger partial charge in [-0.2, -0.15) is 9.78 Å². The van der Waals surface area contributed by atoms with Crippen molar-refractivity contribution in [3.8, 4) is 5.69 Å². The van der Waals surface area contributed by atoms with Gasteiger partial charge in [-0.25, -0.2) is 9.18 Å². The number of para-hydroxylation sites is 1. The third-order valence-corrected chi connectivity index (χ3v) is 3.88. The minimum atomic E-state index is -0.831. The molecule has 1 amide bonds. The summed E-state index contributed by atoms with van der Waals surface area (Å²) in [5.41, 5.74) is -1.60. The first-order valence-corrected chi connectivity index (χ1v) is 8.34. The topological polar surface area (TPSA) is 86.0 Å². The van der Waals surface area contributed by atoms with E-state index < -0.39 is 28.7 Å². The highest BCUT2D eigenvalue weighted by Gasteiger charge is 2.21. The molecular weight excluding hydrogens is 351 g/mol. The molecule has 0 radical (unpaired) electrons. The van der Waals surface area contributed by atoms with Crippen molar-refractivity contribution in [2.24, 2.45) is 0 Å². The van der Waals surface area contributed by atoms with Gasteiger partial charge in [0.2, 0.25) is 5.69 Å². The van der Waals surface area contributed by atoms with E-state index in [-0.39, 0.29) is 18.8 Å². The van der Waals surface area contributed by atoms with Crippen LogP contribution in [0.4, 0.5) is 4.39 Å². The molecule has 0 aliphatic carbocycles. The summed E-state index contributed by atoms with van der Waals surface area (Å²) in [4.78, 5) is 37.8. The molecular formula is C19H17FN4O3. The lowest BCUT2D eigenvalue weighted by atomic mass is 10.2. The van der Waals surface area contributed by atoms with Crippen LogP contribution in [0.2, 0.25) is 0 Å². The second kappa shape index (κ2) is 7.77. The van der Waals surface area contributed by atoms with E-state index in [9.17, 15) is 18.8 Å². The van der Waals surface area contributed by atoms with Gasteiger partial charge in [0.25, 0.3) is 11.5 Å². The number of aromatic nitrogens is 3. The molecule has 8 heteroatoms. The Morgan fingerprint density at radius 2 is 1.74 bits per heavy atom. The lowest BCUT2D eigenvalue weighted by Gasteiger charge is -2.12. The molecule has 3 aromatic rings. The van der Waals surface area contributed by atoms with E-state index >= 15 is 0 Å². The SMILES string of the molecule is CCNC(=O)c1nn(-c2ccccc2F)c(=O)n(Cc2ccccc2)c1=O. The molecule has 1 aromatic heterocycles. The third kappa shape index (κ3) is 3.69. The van der Waals surface area contributed by atoms with Gasteiger partial charge < -0.3 is 5.32 Å². The monoisotopic (exact) mass is 368 g/mol. The van der Waals surface area contributed by atoms with Crippen LogP contribution in [0.1, 0.15) is 23.0 Å². The van der Waals surface area contributed by atoms with Crippen molar-refractivity contribution < 1.29 is 9.18 Å². The van der Waals surface area contributed by atoms with Crippen LogP contribution in [0.15, 0.2) is 64.2 Å². The largest absolute Gasteiger partial charge is 0.352 e. The van der Waals surface area contributed by atoms with Crippen LogP contribution in [-0.2, 0) is 6.54 Å². The Labute approximate surface area is 153 Å². The number of nitrogens with zero attached hydrogens (tertiary/aromatic N) is 3. The van der Waals surface area contributed by atoms with Crippen LogP contribution in [0.5, 0.6) is 0 Å². The zero-order valence-electron chi connectivity index (χ0n) is 14.6. The van der Waals surface area contributed by atoms with E-state index in [0.29, 0.717) is 5.56 Å². The highest BCUT2D eigenvalue weighted by atomic mass is 19.1. The summed E-state index contributed by atoms with van der Waals surface area (Å²) >= 11 is 0. The fourth-order valence-electron chi connectivity index (χ4n) is 2.59. The molecule has 1 heterocycles. The predicted octanol–water partition coefficient (Wildman–Crippen LogP) is 1.33. The fourth-order valence-corrected chi connectivity index (χ4v) is 2.59. The van der Waals surface area contributed by atoms with Crippen LogP contribution < -0.4 is 16.6 Å². The lowest BCUT2D eigenvalue weighted by Crippen LogP contribution is -2.46. The number of halogens is 1. The van der Waals surface area contributed by atoms with Gasteiger partial charge in [0.1, 0.15) is 11.5 Å². The zero-order valence-corrected chi connectivity index (χ0v) is 14.6. The molecule has 138 valence electrons. The standard InChI is InChI=1S/C19H17FN4O3/c1-2-21-17(25)16-18(26)23(12-13-8-4-3-5-9-13)19(27)24(22-16)15-11-7-6-10-14(15)20/h3-11H,2,12H2,1H3,(H,21,25). The van der Waals surface area contributed by atoms with Crippen molar-refractivity contribution in [3.05, 3.63) is 92.5 Å². The van der Waals surface area contributed by atoms with Gasteiger partial charge in [0, 0.05) is 6.54 Å². The Bertz CT molecular complexity index is 1090. The zero-order chi connectivity index (χ0) is 19.4. The van der Waals surface area contributed by atoms with Crippen molar-refractivity contribution >= 4 is 5.91 Å². The van der Waals surface area contributed by atoms with Gasteiger partial charge in [0.05, 0.1) is 6.54 Å². The number of hydrogen-bond acceptors (Lipinski definition) is 4. The minimum absolute atomic E-state index is 0.0676. The molecule has 0 fully saturated rings. The molecule has 0 unspecified atom stereocenters. The maximum Gasteiger partial charge on any atom is 0.352 e. The van der Waals surface area contributed by atoms with E-state index in [2.05, 4.69) is 10.4 Å². The minimum Gasteiger partial charge on any atom is -0.351 e. The lowest BCUT2D eigenvalue weighted by molar-refractivity contribution is 0.0946. The summed E-state index contributed by atoms with van der Waals surface area (Å²) in [7, 11) is 0. The molecule has 7 nitrogen and oxygen atoms in total. The molecule has 0 atom stereocenters. The first kappa shape index (κ1) is 18.2. The van der Waals surface area contributed by atoms with Gasteiger partial charge in [0.15, 0.2) is 0 Å². The second-order valence-corrected chi connectivity index (χ2v) is 5.73. The molecule has 1 N–H and O–H groups in total. The van der Waals surface area contributed by atoms with Crippen LogP contribution in [0.3, 0.4) is 0 Å². The predicted molar refractivity (Wildman–Crippen MR) is 97.6 cm³/mol. The van der Waals surface area contributed by atoms with Crippen LogP contribution >= 0.6 is 0 Å². The van der Waals surface area contributed by atoms with Crippen molar-refractivity contribution in [1.82, 2.24) is 19.7 Å². The average molecular weight is 368 g/mol. The molecule has 3 rings (SSSR count). The van der Waals surface area contributed by atoms with Crippen LogP contribution in [0, 0.1) is 5.82 Å². The molecule has 0 aliphatic heterocycles. The van der Waals surface area contributed by atoms with Gasteiger partial charge in [-0.1, -0.05) is 42.5 Å².